The van der Waals surface area contributed by atoms with Crippen LogP contribution in [0.5, 0.6) is 23.0 Å². The monoisotopic (exact) mass is 640 g/mol. The van der Waals surface area contributed by atoms with E-state index in [2.05, 4.69) is 0 Å². The minimum absolute atomic E-state index is 0.0954. The average molecular weight is 641 g/mol. The van der Waals surface area contributed by atoms with Crippen molar-refractivity contribution in [3.8, 4) is 23.0 Å². The molecule has 10 rings (SSSR count). The predicted molar refractivity (Wildman–Crippen MR) is 159 cm³/mol. The zero-order valence-electron chi connectivity index (χ0n) is 24.8. The smallest absolute Gasteiger partial charge is 0.347 e. The second kappa shape index (κ2) is 9.72. The van der Waals surface area contributed by atoms with E-state index in [0.717, 1.165) is 5.56 Å². The maximum atomic E-state index is 12.3. The third-order valence-corrected chi connectivity index (χ3v) is 9.48. The van der Waals surface area contributed by atoms with Crippen LogP contribution in [0.3, 0.4) is 0 Å². The van der Waals surface area contributed by atoms with Gasteiger partial charge in [0.1, 0.15) is 45.3 Å². The van der Waals surface area contributed by atoms with Gasteiger partial charge in [0.15, 0.2) is 11.6 Å². The Labute approximate surface area is 263 Å². The molecule has 6 aliphatic rings. The highest BCUT2D eigenvalue weighted by molar-refractivity contribution is 6.07. The molecule has 5 unspecified atom stereocenters. The largest absolute Gasteiger partial charge is 0.496 e. The Bertz CT molecular complexity index is 2290. The molecule has 13 nitrogen and oxygen atoms in total. The first-order chi connectivity index (χ1) is 22.8. The van der Waals surface area contributed by atoms with Crippen LogP contribution in [-0.4, -0.2) is 43.5 Å². The number of rotatable bonds is 2. The van der Waals surface area contributed by atoms with Crippen LogP contribution in [0, 0.1) is 0 Å². The van der Waals surface area contributed by atoms with Gasteiger partial charge in [-0.05, 0) is 24.1 Å². The number of ether oxygens (including phenoxy) is 6. The SMILES string of the molecule is COc1cc2c(c3oc(=O)c4c(c13)C(O)CC4=O)C1C=COC1O2.COc1cc2c(c3oc(=O)c4c(c13)CCC4=O)C1C=COC1O2. The summed E-state index contributed by atoms with van der Waals surface area (Å²) < 4.78 is 44.2. The third-order valence-electron chi connectivity index (χ3n) is 9.48. The van der Waals surface area contributed by atoms with Gasteiger partial charge in [0.05, 0.1) is 66.6 Å². The number of Topliss-reactive ketones (excluding diaryl/α,β-unsaturated/α-hetero) is 2. The van der Waals surface area contributed by atoms with Gasteiger partial charge >= 0.3 is 11.3 Å². The van der Waals surface area contributed by atoms with Gasteiger partial charge in [-0.25, -0.2) is 9.59 Å². The molecular weight excluding hydrogens is 616 g/mol. The summed E-state index contributed by atoms with van der Waals surface area (Å²) in [6.07, 6.45) is 5.52. The summed E-state index contributed by atoms with van der Waals surface area (Å²) in [6.45, 7) is 0. The van der Waals surface area contributed by atoms with Crippen molar-refractivity contribution in [2.24, 2.45) is 0 Å². The number of hydrogen-bond acceptors (Lipinski definition) is 13. The van der Waals surface area contributed by atoms with Crippen LogP contribution in [0.25, 0.3) is 21.9 Å². The van der Waals surface area contributed by atoms with Gasteiger partial charge in [-0.15, -0.1) is 0 Å². The maximum Gasteiger partial charge on any atom is 0.347 e. The molecule has 0 saturated carbocycles. The van der Waals surface area contributed by atoms with Gasteiger partial charge in [0.25, 0.3) is 12.6 Å². The van der Waals surface area contributed by atoms with Crippen molar-refractivity contribution in [3.05, 3.63) is 91.0 Å². The Balaban J connectivity index is 0.000000129. The molecule has 2 aliphatic carbocycles. The molecule has 0 spiro atoms. The Hall–Kier alpha value is -5.56. The summed E-state index contributed by atoms with van der Waals surface area (Å²) in [5, 5.41) is 11.4. The van der Waals surface area contributed by atoms with Gasteiger partial charge in [-0.1, -0.05) is 0 Å². The Morgan fingerprint density at radius 2 is 1.26 bits per heavy atom. The summed E-state index contributed by atoms with van der Waals surface area (Å²) in [5.74, 6) is 1.06. The van der Waals surface area contributed by atoms with Crippen molar-refractivity contribution in [1.82, 2.24) is 0 Å². The van der Waals surface area contributed by atoms with Crippen molar-refractivity contribution in [1.29, 1.82) is 0 Å². The van der Waals surface area contributed by atoms with E-state index in [1.165, 1.54) is 13.4 Å². The molecule has 238 valence electrons. The fraction of sp³-hybridized carbons (Fsp3) is 0.294. The number of fused-ring (bicyclic) bond motifs is 14. The highest BCUT2D eigenvalue weighted by Gasteiger charge is 2.44. The lowest BCUT2D eigenvalue weighted by atomic mass is 9.95. The van der Waals surface area contributed by atoms with E-state index in [0.29, 0.717) is 63.3 Å². The average Bonchev–Trinajstić information content (AvgIpc) is 3.88. The van der Waals surface area contributed by atoms with Crippen LogP contribution >= 0.6 is 0 Å². The fourth-order valence-electron chi connectivity index (χ4n) is 7.48. The molecule has 4 aromatic rings. The number of aryl methyl sites for hydroxylation is 1. The fourth-order valence-corrected chi connectivity index (χ4v) is 7.48. The Morgan fingerprint density at radius 3 is 1.85 bits per heavy atom. The molecule has 0 saturated heterocycles. The van der Waals surface area contributed by atoms with Crippen LogP contribution in [0.1, 0.15) is 73.8 Å². The molecule has 0 fully saturated rings. The van der Waals surface area contributed by atoms with E-state index >= 15 is 0 Å². The van der Waals surface area contributed by atoms with E-state index in [1.54, 1.807) is 25.5 Å². The van der Waals surface area contributed by atoms with Crippen molar-refractivity contribution >= 4 is 33.5 Å². The lowest BCUT2D eigenvalue weighted by Gasteiger charge is -2.14. The van der Waals surface area contributed by atoms with E-state index in [9.17, 15) is 24.3 Å². The first-order valence-electron chi connectivity index (χ1n) is 14.9. The molecule has 0 amide bonds. The molecule has 5 atom stereocenters. The molecule has 13 heteroatoms. The van der Waals surface area contributed by atoms with E-state index < -0.39 is 35.7 Å². The highest BCUT2D eigenvalue weighted by atomic mass is 16.7. The maximum absolute atomic E-state index is 12.3. The molecule has 0 radical (unpaired) electrons. The van der Waals surface area contributed by atoms with Crippen LogP contribution in [-0.2, 0) is 15.9 Å². The predicted octanol–water partition coefficient (Wildman–Crippen LogP) is 4.04. The number of aliphatic hydroxyl groups excluding tert-OH is 1. The van der Waals surface area contributed by atoms with Gasteiger partial charge in [-0.3, -0.25) is 9.59 Å². The van der Waals surface area contributed by atoms with Gasteiger partial charge < -0.3 is 42.4 Å². The van der Waals surface area contributed by atoms with Gasteiger partial charge in [-0.2, -0.15) is 0 Å². The van der Waals surface area contributed by atoms with Gasteiger partial charge in [0, 0.05) is 30.5 Å². The molecule has 1 N–H and O–H groups in total. The van der Waals surface area contributed by atoms with Crippen molar-refractivity contribution in [3.63, 3.8) is 0 Å². The topological polar surface area (TPSA) is 170 Å². The summed E-state index contributed by atoms with van der Waals surface area (Å²) >= 11 is 0. The molecule has 2 aromatic carbocycles. The number of benzene rings is 2. The summed E-state index contributed by atoms with van der Waals surface area (Å²) in [7, 11) is 3.01. The first kappa shape index (κ1) is 27.7. The van der Waals surface area contributed by atoms with E-state index in [4.69, 9.17) is 37.3 Å². The molecule has 2 aromatic heterocycles. The first-order valence-corrected chi connectivity index (χ1v) is 14.9. The third kappa shape index (κ3) is 3.68. The van der Waals surface area contributed by atoms with E-state index in [1.807, 2.05) is 12.2 Å². The molecule has 6 heterocycles. The molecule has 47 heavy (non-hydrogen) atoms. The standard InChI is InChI=1S/C17H12O7.C17H12O6/c1-21-9-5-10-11(6-2-3-22-17(6)23-10)15-14(9)12-7(18)4-8(19)13(12)16(20)24-15;1-20-10-6-11-14(8-4-5-21-17(8)22-11)15-13(10)7-2-3-9(18)12(7)16(19)23-15/h2-3,5-7,17-18H,4H2,1H3;4-6,8,17H,2-3H2,1H3. The second-order valence-corrected chi connectivity index (χ2v) is 11.8. The molecule has 0 bridgehead atoms. The number of carbonyl (C=O) groups is 2. The highest BCUT2D eigenvalue weighted by Crippen LogP contribution is 2.52. The zero-order chi connectivity index (χ0) is 32.3. The van der Waals surface area contributed by atoms with Gasteiger partial charge in [0.2, 0.25) is 0 Å². The number of carbonyl (C=O) groups excluding carboxylic acids is 2. The van der Waals surface area contributed by atoms with Crippen LogP contribution < -0.4 is 30.2 Å². The minimum Gasteiger partial charge on any atom is -0.496 e. The van der Waals surface area contributed by atoms with Crippen LogP contribution in [0.2, 0.25) is 0 Å². The summed E-state index contributed by atoms with van der Waals surface area (Å²) in [6, 6.07) is 3.44. The number of methoxy groups -OCH3 is 2. The summed E-state index contributed by atoms with van der Waals surface area (Å²) in [4.78, 5) is 48.7. The lowest BCUT2D eigenvalue weighted by molar-refractivity contribution is -0.00513. The van der Waals surface area contributed by atoms with Crippen LogP contribution in [0.15, 0.2) is 55.2 Å². The zero-order valence-corrected chi connectivity index (χ0v) is 24.8. The van der Waals surface area contributed by atoms with Crippen molar-refractivity contribution in [2.75, 3.05) is 14.2 Å². The minimum atomic E-state index is -1.06. The van der Waals surface area contributed by atoms with Crippen LogP contribution in [0.4, 0.5) is 0 Å². The number of ketones is 2. The quantitative estimate of drug-likeness (QED) is 0.312. The lowest BCUT2D eigenvalue weighted by Crippen LogP contribution is -2.15. The number of hydrogen-bond donors (Lipinski definition) is 1. The van der Waals surface area contributed by atoms with Crippen molar-refractivity contribution < 1.29 is 52.0 Å². The molecule has 4 aliphatic heterocycles. The van der Waals surface area contributed by atoms with E-state index in [-0.39, 0.29) is 46.3 Å². The number of aliphatic hydroxyl groups is 1. The Kier molecular flexibility index (Phi) is 5.73. The molecular formula is C34H24O13. The van der Waals surface area contributed by atoms with Crippen molar-refractivity contribution in [2.45, 2.75) is 49.8 Å². The normalized spacial score (nSPS) is 24.8. The second-order valence-electron chi connectivity index (χ2n) is 11.8. The Morgan fingerprint density at radius 1 is 0.702 bits per heavy atom. The summed E-state index contributed by atoms with van der Waals surface area (Å²) in [5.41, 5.74) is 1.85.